The van der Waals surface area contributed by atoms with Crippen LogP contribution in [0, 0.1) is 0 Å². The molecule has 1 N–H and O–H groups in total. The highest BCUT2D eigenvalue weighted by atomic mass is 19.4. The van der Waals surface area contributed by atoms with Gasteiger partial charge in [-0.2, -0.15) is 18.3 Å². The van der Waals surface area contributed by atoms with Gasteiger partial charge in [0.1, 0.15) is 0 Å². The molecule has 0 atom stereocenters. The normalized spacial score (nSPS) is 17.1. The van der Waals surface area contributed by atoms with Crippen LogP contribution in [0.2, 0.25) is 0 Å². The van der Waals surface area contributed by atoms with Crippen molar-refractivity contribution in [3.05, 3.63) is 17.5 Å². The van der Waals surface area contributed by atoms with Gasteiger partial charge in [-0.25, -0.2) is 0 Å². The molecule has 1 aliphatic heterocycles. The molecule has 1 fully saturated rings. The Balaban J connectivity index is 2.07. The van der Waals surface area contributed by atoms with Crippen molar-refractivity contribution in [2.24, 2.45) is 0 Å². The van der Waals surface area contributed by atoms with E-state index in [1.807, 2.05) is 0 Å². The summed E-state index contributed by atoms with van der Waals surface area (Å²) in [5.41, 5.74) is -2.28. The zero-order valence-electron chi connectivity index (χ0n) is 14.4. The van der Waals surface area contributed by atoms with Gasteiger partial charge in [-0.05, 0) is 46.7 Å². The Morgan fingerprint density at radius 2 is 1.83 bits per heavy atom. The van der Waals surface area contributed by atoms with E-state index >= 15 is 0 Å². The SMILES string of the molecule is CC(C)(C)n1ncc(C(=O)NCCN2CCCCC2)c1C(F)(F)F. The Morgan fingerprint density at radius 3 is 2.38 bits per heavy atom. The molecule has 24 heavy (non-hydrogen) atoms. The Bertz CT molecular complexity index is 569. The van der Waals surface area contributed by atoms with Gasteiger partial charge in [-0.1, -0.05) is 6.42 Å². The summed E-state index contributed by atoms with van der Waals surface area (Å²) in [7, 11) is 0. The first-order valence-corrected chi connectivity index (χ1v) is 8.27. The number of hydrogen-bond donors (Lipinski definition) is 1. The molecule has 2 heterocycles. The van der Waals surface area contributed by atoms with Crippen LogP contribution in [-0.4, -0.2) is 46.8 Å². The number of amides is 1. The number of alkyl halides is 3. The van der Waals surface area contributed by atoms with Gasteiger partial charge in [-0.3, -0.25) is 9.48 Å². The molecule has 0 aromatic carbocycles. The second-order valence-corrected chi connectivity index (χ2v) is 7.15. The van der Waals surface area contributed by atoms with Gasteiger partial charge in [0, 0.05) is 13.1 Å². The van der Waals surface area contributed by atoms with Gasteiger partial charge in [0.25, 0.3) is 5.91 Å². The number of rotatable bonds is 4. The van der Waals surface area contributed by atoms with Gasteiger partial charge in [0.15, 0.2) is 5.69 Å². The highest BCUT2D eigenvalue weighted by molar-refractivity contribution is 5.95. The maximum atomic E-state index is 13.4. The topological polar surface area (TPSA) is 50.2 Å². The molecule has 1 saturated heterocycles. The molecule has 0 saturated carbocycles. The maximum absolute atomic E-state index is 13.4. The van der Waals surface area contributed by atoms with Crippen molar-refractivity contribution in [2.75, 3.05) is 26.2 Å². The summed E-state index contributed by atoms with van der Waals surface area (Å²) in [4.78, 5) is 14.4. The minimum Gasteiger partial charge on any atom is -0.351 e. The second kappa shape index (κ2) is 7.13. The van der Waals surface area contributed by atoms with Gasteiger partial charge in [-0.15, -0.1) is 0 Å². The minimum absolute atomic E-state index is 0.330. The molecule has 8 heteroatoms. The lowest BCUT2D eigenvalue weighted by molar-refractivity contribution is -0.146. The van der Waals surface area contributed by atoms with Crippen LogP contribution in [0.3, 0.4) is 0 Å². The summed E-state index contributed by atoms with van der Waals surface area (Å²) < 4.78 is 41.1. The van der Waals surface area contributed by atoms with E-state index < -0.39 is 28.9 Å². The van der Waals surface area contributed by atoms with E-state index in [1.165, 1.54) is 6.42 Å². The lowest BCUT2D eigenvalue weighted by Gasteiger charge is -2.26. The van der Waals surface area contributed by atoms with Crippen LogP contribution in [-0.2, 0) is 11.7 Å². The molecular weight excluding hydrogens is 321 g/mol. The number of hydrogen-bond acceptors (Lipinski definition) is 3. The van der Waals surface area contributed by atoms with Crippen LogP contribution in [0.5, 0.6) is 0 Å². The third-order valence-corrected chi connectivity index (χ3v) is 4.08. The molecule has 2 rings (SSSR count). The van der Waals surface area contributed by atoms with Crippen LogP contribution in [0.1, 0.15) is 56.1 Å². The average molecular weight is 346 g/mol. The van der Waals surface area contributed by atoms with Crippen LogP contribution in [0.4, 0.5) is 13.2 Å². The number of nitrogens with one attached hydrogen (secondary N) is 1. The first kappa shape index (κ1) is 18.8. The monoisotopic (exact) mass is 346 g/mol. The van der Waals surface area contributed by atoms with Crippen LogP contribution in [0.25, 0.3) is 0 Å². The Kier molecular flexibility index (Phi) is 5.57. The summed E-state index contributed by atoms with van der Waals surface area (Å²) in [6.45, 7) is 7.79. The van der Waals surface area contributed by atoms with Gasteiger partial charge in [0.2, 0.25) is 0 Å². The Hall–Kier alpha value is -1.57. The van der Waals surface area contributed by atoms with E-state index in [4.69, 9.17) is 0 Å². The molecular formula is C16H25F3N4O. The Morgan fingerprint density at radius 1 is 1.21 bits per heavy atom. The molecule has 136 valence electrons. The van der Waals surface area contributed by atoms with E-state index in [-0.39, 0.29) is 0 Å². The van der Waals surface area contributed by atoms with Crippen molar-refractivity contribution in [3.63, 3.8) is 0 Å². The maximum Gasteiger partial charge on any atom is 0.433 e. The predicted molar refractivity (Wildman–Crippen MR) is 84.8 cm³/mol. The fourth-order valence-electron chi connectivity index (χ4n) is 2.90. The predicted octanol–water partition coefficient (Wildman–Crippen LogP) is 2.87. The lowest BCUT2D eigenvalue weighted by atomic mass is 10.1. The van der Waals surface area contributed by atoms with E-state index in [1.54, 1.807) is 20.8 Å². The van der Waals surface area contributed by atoms with Gasteiger partial charge in [0.05, 0.1) is 17.3 Å². The number of carbonyl (C=O) groups is 1. The number of piperidine rings is 1. The molecule has 0 aliphatic carbocycles. The molecule has 0 spiro atoms. The third kappa shape index (κ3) is 4.49. The van der Waals surface area contributed by atoms with E-state index in [0.29, 0.717) is 13.1 Å². The van der Waals surface area contributed by atoms with Crippen LogP contribution >= 0.6 is 0 Å². The van der Waals surface area contributed by atoms with E-state index in [2.05, 4.69) is 15.3 Å². The van der Waals surface area contributed by atoms with Crippen LogP contribution in [0.15, 0.2) is 6.20 Å². The van der Waals surface area contributed by atoms with Crippen LogP contribution < -0.4 is 5.32 Å². The molecule has 5 nitrogen and oxygen atoms in total. The zero-order chi connectivity index (χ0) is 18.0. The summed E-state index contributed by atoms with van der Waals surface area (Å²) >= 11 is 0. The smallest absolute Gasteiger partial charge is 0.351 e. The fourth-order valence-corrected chi connectivity index (χ4v) is 2.90. The van der Waals surface area contributed by atoms with Crippen molar-refractivity contribution in [3.8, 4) is 0 Å². The minimum atomic E-state index is -4.64. The zero-order valence-corrected chi connectivity index (χ0v) is 14.4. The summed E-state index contributed by atoms with van der Waals surface area (Å²) in [5, 5.41) is 6.39. The molecule has 1 aromatic heterocycles. The summed E-state index contributed by atoms with van der Waals surface area (Å²) in [5.74, 6) is -0.727. The number of carbonyl (C=O) groups excluding carboxylic acids is 1. The van der Waals surface area contributed by atoms with Crippen molar-refractivity contribution in [1.29, 1.82) is 0 Å². The quantitative estimate of drug-likeness (QED) is 0.912. The van der Waals surface area contributed by atoms with E-state index in [9.17, 15) is 18.0 Å². The van der Waals surface area contributed by atoms with E-state index in [0.717, 1.165) is 36.8 Å². The number of likely N-dealkylation sites (tertiary alicyclic amines) is 1. The second-order valence-electron chi connectivity index (χ2n) is 7.15. The lowest BCUT2D eigenvalue weighted by Crippen LogP contribution is -2.38. The van der Waals surface area contributed by atoms with Crippen molar-refractivity contribution >= 4 is 5.91 Å². The molecule has 0 bridgehead atoms. The van der Waals surface area contributed by atoms with Gasteiger partial charge >= 0.3 is 6.18 Å². The summed E-state index contributed by atoms with van der Waals surface area (Å²) in [6, 6.07) is 0. The summed E-state index contributed by atoms with van der Waals surface area (Å²) in [6.07, 6.45) is -0.160. The fraction of sp³-hybridized carbons (Fsp3) is 0.750. The number of nitrogens with zero attached hydrogens (tertiary/aromatic N) is 3. The molecule has 0 unspecified atom stereocenters. The molecule has 1 amide bonds. The molecule has 1 aromatic rings. The Labute approximate surface area is 140 Å². The van der Waals surface area contributed by atoms with Crippen molar-refractivity contribution < 1.29 is 18.0 Å². The van der Waals surface area contributed by atoms with Crippen molar-refractivity contribution in [2.45, 2.75) is 51.7 Å². The third-order valence-electron chi connectivity index (χ3n) is 4.08. The first-order chi connectivity index (χ1) is 11.1. The van der Waals surface area contributed by atoms with Gasteiger partial charge < -0.3 is 10.2 Å². The highest BCUT2D eigenvalue weighted by Crippen LogP contribution is 2.34. The number of aromatic nitrogens is 2. The van der Waals surface area contributed by atoms with Crippen molar-refractivity contribution in [1.82, 2.24) is 20.0 Å². The molecule has 0 radical (unpaired) electrons. The number of halogens is 3. The average Bonchev–Trinajstić information content (AvgIpc) is 2.93. The molecule has 1 aliphatic rings. The highest BCUT2D eigenvalue weighted by Gasteiger charge is 2.42. The largest absolute Gasteiger partial charge is 0.433 e. The first-order valence-electron chi connectivity index (χ1n) is 8.27. The standard InChI is InChI=1S/C16H25F3N4O/c1-15(2,3)23-13(16(17,18)19)12(11-21-23)14(24)20-7-10-22-8-5-4-6-9-22/h11H,4-10H2,1-3H3,(H,20,24).